The van der Waals surface area contributed by atoms with E-state index in [1.54, 1.807) is 0 Å². The Balaban J connectivity index is 1.46. The number of aromatic nitrogens is 4. The first-order valence-electron chi connectivity index (χ1n) is 13.7. The number of aliphatic hydroxyl groups is 4. The number of amides is 2. The molecule has 0 aliphatic carbocycles. The molecule has 0 saturated carbocycles. The van der Waals surface area contributed by atoms with Crippen LogP contribution in [0.2, 0.25) is 0 Å². The summed E-state index contributed by atoms with van der Waals surface area (Å²) in [5, 5.41) is 49.3. The Labute approximate surface area is 232 Å². The Morgan fingerprint density at radius 3 is 2.50 bits per heavy atom. The standard InChI is InChI=1S/C26H41N7O7/c1-2-3-4-5-6-7-8-9-10-11-17(36)27-12-18(37)32-19-21(38)22(39)26(40-23(19)16(35)13-34)33-25-20-24(29-14-28-20)30-15-31-25/h2,14-16,19,21-23,26,34-35,38-39H,1,3-13H2,(H,27,36)(H,32,37)(H2,28,29,30,31,33)/t16-,19+,21+,22+,23-,26-/m0/s1. The number of carbonyl (C=O) groups is 2. The number of hydrogen-bond donors (Lipinski definition) is 8. The van der Waals surface area contributed by atoms with Crippen molar-refractivity contribution in [2.45, 2.75) is 94.5 Å². The van der Waals surface area contributed by atoms with Gasteiger partial charge >= 0.3 is 0 Å². The predicted octanol–water partition coefficient (Wildman–Crippen LogP) is -0.137. The fourth-order valence-corrected chi connectivity index (χ4v) is 4.61. The molecule has 2 aromatic rings. The molecule has 6 atom stereocenters. The molecule has 0 aromatic carbocycles. The second-order valence-electron chi connectivity index (χ2n) is 9.89. The summed E-state index contributed by atoms with van der Waals surface area (Å²) in [4.78, 5) is 39.7. The number of rotatable bonds is 17. The number of hydrogen-bond acceptors (Lipinski definition) is 11. The Hall–Kier alpha value is -3.17. The number of fused-ring (bicyclic) bond motifs is 1. The molecule has 0 radical (unpaired) electrons. The number of H-pyrrole nitrogens is 1. The second-order valence-corrected chi connectivity index (χ2v) is 9.89. The van der Waals surface area contributed by atoms with Gasteiger partial charge in [0.1, 0.15) is 36.3 Å². The average molecular weight is 564 g/mol. The maximum Gasteiger partial charge on any atom is 0.239 e. The van der Waals surface area contributed by atoms with Gasteiger partial charge in [-0.15, -0.1) is 6.58 Å². The lowest BCUT2D eigenvalue weighted by molar-refractivity contribution is -0.204. The molecule has 1 saturated heterocycles. The monoisotopic (exact) mass is 563 g/mol. The molecule has 1 fully saturated rings. The first kappa shape index (κ1) is 31.4. The van der Waals surface area contributed by atoms with Crippen molar-refractivity contribution in [1.29, 1.82) is 0 Å². The average Bonchev–Trinajstić information content (AvgIpc) is 3.44. The third kappa shape index (κ3) is 8.93. The molecular weight excluding hydrogens is 522 g/mol. The van der Waals surface area contributed by atoms with Gasteiger partial charge in [-0.3, -0.25) is 9.59 Å². The zero-order valence-corrected chi connectivity index (χ0v) is 22.5. The Bertz CT molecular complexity index is 1080. The number of aliphatic hydroxyl groups excluding tert-OH is 4. The number of carbonyl (C=O) groups excluding carboxylic acids is 2. The molecule has 3 rings (SSSR count). The van der Waals surface area contributed by atoms with Crippen molar-refractivity contribution in [2.24, 2.45) is 0 Å². The molecular formula is C26H41N7O7. The fraction of sp³-hybridized carbons (Fsp3) is 0.654. The van der Waals surface area contributed by atoms with Gasteiger partial charge < -0.3 is 46.1 Å². The van der Waals surface area contributed by atoms with Crippen LogP contribution in [0.3, 0.4) is 0 Å². The van der Waals surface area contributed by atoms with Gasteiger partial charge in [0.15, 0.2) is 17.7 Å². The van der Waals surface area contributed by atoms with Gasteiger partial charge in [-0.2, -0.15) is 0 Å². The number of nitrogens with zero attached hydrogens (tertiary/aromatic N) is 3. The smallest absolute Gasteiger partial charge is 0.239 e. The van der Waals surface area contributed by atoms with Gasteiger partial charge in [-0.05, 0) is 19.3 Å². The maximum absolute atomic E-state index is 12.6. The molecule has 222 valence electrons. The highest BCUT2D eigenvalue weighted by atomic mass is 16.5. The normalized spacial score (nSPS) is 23.4. The minimum atomic E-state index is -1.59. The summed E-state index contributed by atoms with van der Waals surface area (Å²) < 4.78 is 5.77. The number of unbranched alkanes of at least 4 members (excludes halogenated alkanes) is 7. The molecule has 14 nitrogen and oxygen atoms in total. The van der Waals surface area contributed by atoms with Crippen molar-refractivity contribution in [1.82, 2.24) is 30.6 Å². The highest BCUT2D eigenvalue weighted by Gasteiger charge is 2.48. The quantitative estimate of drug-likeness (QED) is 0.0936. The molecule has 40 heavy (non-hydrogen) atoms. The van der Waals surface area contributed by atoms with E-state index in [1.165, 1.54) is 25.5 Å². The van der Waals surface area contributed by atoms with Gasteiger partial charge in [-0.1, -0.05) is 38.2 Å². The predicted molar refractivity (Wildman–Crippen MR) is 146 cm³/mol. The molecule has 14 heteroatoms. The van der Waals surface area contributed by atoms with Gasteiger partial charge in [0.05, 0.1) is 25.5 Å². The van der Waals surface area contributed by atoms with E-state index < -0.39 is 49.2 Å². The summed E-state index contributed by atoms with van der Waals surface area (Å²) in [6, 6.07) is -1.27. The van der Waals surface area contributed by atoms with Gasteiger partial charge in [0.2, 0.25) is 11.8 Å². The minimum absolute atomic E-state index is 0.227. The number of ether oxygens (including phenoxy) is 1. The van der Waals surface area contributed by atoms with Gasteiger partial charge in [0.25, 0.3) is 0 Å². The zero-order valence-electron chi connectivity index (χ0n) is 22.5. The minimum Gasteiger partial charge on any atom is -0.394 e. The van der Waals surface area contributed by atoms with Crippen LogP contribution in [0.15, 0.2) is 25.3 Å². The SMILES string of the molecule is C=CCCCCCCCCCC(=O)NCC(=O)N[C@@H]1[C@@H](O)[C@@H](O)[C@@H](Nc2ncnc3nc[nH]c23)O[C@H]1[C@@H](O)CO. The number of nitrogens with one attached hydrogen (secondary N) is 4. The molecule has 2 amide bonds. The molecule has 1 aliphatic rings. The Morgan fingerprint density at radius 1 is 1.05 bits per heavy atom. The summed E-state index contributed by atoms with van der Waals surface area (Å²) in [6.45, 7) is 2.63. The van der Waals surface area contributed by atoms with Crippen molar-refractivity contribution in [2.75, 3.05) is 18.5 Å². The van der Waals surface area contributed by atoms with E-state index in [-0.39, 0.29) is 18.3 Å². The van der Waals surface area contributed by atoms with Crippen molar-refractivity contribution < 1.29 is 34.8 Å². The lowest BCUT2D eigenvalue weighted by atomic mass is 9.92. The van der Waals surface area contributed by atoms with E-state index in [2.05, 4.69) is 42.5 Å². The van der Waals surface area contributed by atoms with E-state index in [0.29, 0.717) is 17.6 Å². The zero-order chi connectivity index (χ0) is 28.9. The van der Waals surface area contributed by atoms with Crippen LogP contribution >= 0.6 is 0 Å². The highest BCUT2D eigenvalue weighted by molar-refractivity contribution is 5.85. The van der Waals surface area contributed by atoms with Crippen molar-refractivity contribution in [3.8, 4) is 0 Å². The van der Waals surface area contributed by atoms with Crippen LogP contribution in [-0.2, 0) is 14.3 Å². The van der Waals surface area contributed by atoms with Crippen LogP contribution in [0, 0.1) is 0 Å². The summed E-state index contributed by atoms with van der Waals surface area (Å²) in [6.07, 6.45) is 6.08. The van der Waals surface area contributed by atoms with E-state index >= 15 is 0 Å². The van der Waals surface area contributed by atoms with E-state index in [9.17, 15) is 30.0 Å². The van der Waals surface area contributed by atoms with E-state index in [4.69, 9.17) is 4.74 Å². The van der Waals surface area contributed by atoms with Crippen LogP contribution in [-0.4, -0.2) is 102 Å². The lowest BCUT2D eigenvalue weighted by Gasteiger charge is -2.44. The van der Waals surface area contributed by atoms with E-state index in [1.807, 2.05) is 6.08 Å². The number of imidazole rings is 1. The number of aromatic amines is 1. The maximum atomic E-state index is 12.6. The summed E-state index contributed by atoms with van der Waals surface area (Å²) >= 11 is 0. The van der Waals surface area contributed by atoms with Crippen molar-refractivity contribution in [3.05, 3.63) is 25.3 Å². The molecule has 0 unspecified atom stereocenters. The molecule has 0 spiro atoms. The summed E-state index contributed by atoms with van der Waals surface area (Å²) in [5.74, 6) is -0.693. The Kier molecular flexibility index (Phi) is 12.7. The highest BCUT2D eigenvalue weighted by Crippen LogP contribution is 2.26. The molecule has 1 aliphatic heterocycles. The Morgan fingerprint density at radius 2 is 1.77 bits per heavy atom. The summed E-state index contributed by atoms with van der Waals surface area (Å²) in [5.41, 5.74) is 0.787. The molecule has 3 heterocycles. The van der Waals surface area contributed by atoms with E-state index in [0.717, 1.165) is 38.5 Å². The first-order chi connectivity index (χ1) is 19.3. The number of allylic oxidation sites excluding steroid dienone is 1. The molecule has 2 aromatic heterocycles. The molecule has 0 bridgehead atoms. The van der Waals surface area contributed by atoms with Gasteiger partial charge in [-0.25, -0.2) is 15.0 Å². The lowest BCUT2D eigenvalue weighted by Crippen LogP contribution is -2.68. The van der Waals surface area contributed by atoms with Gasteiger partial charge in [0, 0.05) is 6.42 Å². The van der Waals surface area contributed by atoms with Crippen LogP contribution in [0.5, 0.6) is 0 Å². The second kappa shape index (κ2) is 16.2. The largest absolute Gasteiger partial charge is 0.394 e. The van der Waals surface area contributed by atoms with Crippen LogP contribution in [0.1, 0.15) is 57.8 Å². The van der Waals surface area contributed by atoms with Crippen LogP contribution < -0.4 is 16.0 Å². The number of anilines is 1. The van der Waals surface area contributed by atoms with Crippen molar-refractivity contribution in [3.63, 3.8) is 0 Å². The van der Waals surface area contributed by atoms with Crippen LogP contribution in [0.4, 0.5) is 5.82 Å². The first-order valence-corrected chi connectivity index (χ1v) is 13.7. The molecule has 8 N–H and O–H groups in total. The summed E-state index contributed by atoms with van der Waals surface area (Å²) in [7, 11) is 0. The third-order valence-electron chi connectivity index (χ3n) is 6.84. The fourth-order valence-electron chi connectivity index (χ4n) is 4.61. The topological polar surface area (TPSA) is 215 Å². The van der Waals surface area contributed by atoms with Crippen LogP contribution in [0.25, 0.3) is 11.2 Å². The van der Waals surface area contributed by atoms with Crippen molar-refractivity contribution >= 4 is 28.8 Å². The third-order valence-corrected chi connectivity index (χ3v) is 6.84.